The van der Waals surface area contributed by atoms with Gasteiger partial charge in [0.15, 0.2) is 0 Å². The van der Waals surface area contributed by atoms with E-state index >= 15 is 0 Å². The normalized spacial score (nSPS) is 12.2. The lowest BCUT2D eigenvalue weighted by molar-refractivity contribution is -0.103. The SMILES string of the molecule is O=C(O)N(O)C(CCO)c1ccc(Cl)cn1. The molecule has 6 nitrogen and oxygen atoms in total. The van der Waals surface area contributed by atoms with Crippen LogP contribution in [0, 0.1) is 0 Å². The molecule has 1 rings (SSSR count). The van der Waals surface area contributed by atoms with Gasteiger partial charge in [0.2, 0.25) is 0 Å². The first-order valence-corrected chi connectivity index (χ1v) is 4.87. The predicted octanol–water partition coefficient (Wildman–Crippen LogP) is 1.53. The Kier molecular flexibility index (Phi) is 4.48. The molecule has 0 bridgehead atoms. The molecule has 1 heterocycles. The lowest BCUT2D eigenvalue weighted by Gasteiger charge is -2.22. The maximum absolute atomic E-state index is 10.6. The smallest absolute Gasteiger partial charge is 0.431 e. The third kappa shape index (κ3) is 3.06. The summed E-state index contributed by atoms with van der Waals surface area (Å²) in [6, 6.07) is 2.12. The summed E-state index contributed by atoms with van der Waals surface area (Å²) in [5.74, 6) is 0. The molecular weight excluding hydrogens is 236 g/mol. The molecule has 0 radical (unpaired) electrons. The van der Waals surface area contributed by atoms with E-state index in [-0.39, 0.29) is 18.1 Å². The number of nitrogens with zero attached hydrogens (tertiary/aromatic N) is 2. The van der Waals surface area contributed by atoms with Gasteiger partial charge in [-0.05, 0) is 18.6 Å². The van der Waals surface area contributed by atoms with Crippen LogP contribution in [0.2, 0.25) is 5.02 Å². The number of aliphatic hydroxyl groups is 1. The van der Waals surface area contributed by atoms with E-state index < -0.39 is 12.1 Å². The molecule has 1 aromatic rings. The summed E-state index contributed by atoms with van der Waals surface area (Å²) in [6.07, 6.45) is -0.107. The quantitative estimate of drug-likeness (QED) is 0.553. The molecule has 0 aliphatic rings. The number of pyridine rings is 1. The lowest BCUT2D eigenvalue weighted by Crippen LogP contribution is -2.31. The van der Waals surface area contributed by atoms with Crippen LogP contribution in [0.25, 0.3) is 0 Å². The molecule has 0 aliphatic carbocycles. The summed E-state index contributed by atoms with van der Waals surface area (Å²) in [6.45, 7) is -0.265. The van der Waals surface area contributed by atoms with Crippen LogP contribution in [-0.2, 0) is 0 Å². The molecule has 0 fully saturated rings. The summed E-state index contributed by atoms with van der Waals surface area (Å²) in [7, 11) is 0. The number of hydrogen-bond acceptors (Lipinski definition) is 4. The third-order valence-corrected chi connectivity index (χ3v) is 2.21. The molecular formula is C9H11ClN2O4. The molecule has 88 valence electrons. The van der Waals surface area contributed by atoms with Gasteiger partial charge in [0.25, 0.3) is 0 Å². The van der Waals surface area contributed by atoms with Gasteiger partial charge in [-0.3, -0.25) is 10.2 Å². The highest BCUT2D eigenvalue weighted by Crippen LogP contribution is 2.21. The van der Waals surface area contributed by atoms with Crippen LogP contribution in [-0.4, -0.2) is 38.2 Å². The van der Waals surface area contributed by atoms with Crippen molar-refractivity contribution in [2.24, 2.45) is 0 Å². The van der Waals surface area contributed by atoms with Crippen LogP contribution in [0.15, 0.2) is 18.3 Å². The lowest BCUT2D eigenvalue weighted by atomic mass is 10.1. The maximum Gasteiger partial charge on any atom is 0.431 e. The molecule has 0 spiro atoms. The van der Waals surface area contributed by atoms with E-state index in [1.54, 1.807) is 0 Å². The predicted molar refractivity (Wildman–Crippen MR) is 55.3 cm³/mol. The fourth-order valence-electron chi connectivity index (χ4n) is 1.24. The third-order valence-electron chi connectivity index (χ3n) is 1.99. The van der Waals surface area contributed by atoms with Crippen molar-refractivity contribution in [3.8, 4) is 0 Å². The number of carboxylic acid groups (broad SMARTS) is 1. The van der Waals surface area contributed by atoms with Crippen LogP contribution in [0.4, 0.5) is 4.79 Å². The zero-order valence-corrected chi connectivity index (χ0v) is 9.00. The monoisotopic (exact) mass is 246 g/mol. The highest BCUT2D eigenvalue weighted by molar-refractivity contribution is 6.30. The molecule has 0 aliphatic heterocycles. The number of aliphatic hydroxyl groups excluding tert-OH is 1. The van der Waals surface area contributed by atoms with E-state index in [9.17, 15) is 10.0 Å². The van der Waals surface area contributed by atoms with Crippen molar-refractivity contribution in [3.05, 3.63) is 29.0 Å². The molecule has 1 aromatic heterocycles. The Labute approximate surface area is 96.7 Å². The van der Waals surface area contributed by atoms with Gasteiger partial charge in [0.05, 0.1) is 10.7 Å². The van der Waals surface area contributed by atoms with Crippen molar-refractivity contribution >= 4 is 17.7 Å². The van der Waals surface area contributed by atoms with Crippen LogP contribution in [0.3, 0.4) is 0 Å². The van der Waals surface area contributed by atoms with Crippen molar-refractivity contribution in [1.82, 2.24) is 10.0 Å². The second-order valence-corrected chi connectivity index (χ2v) is 3.49. The highest BCUT2D eigenvalue weighted by atomic mass is 35.5. The van der Waals surface area contributed by atoms with E-state index in [1.807, 2.05) is 0 Å². The number of amides is 1. The van der Waals surface area contributed by atoms with Gasteiger partial charge in [0.1, 0.15) is 6.04 Å². The largest absolute Gasteiger partial charge is 0.463 e. The second kappa shape index (κ2) is 5.64. The Balaban J connectivity index is 2.92. The van der Waals surface area contributed by atoms with E-state index in [4.69, 9.17) is 21.8 Å². The molecule has 1 atom stereocenters. The van der Waals surface area contributed by atoms with Crippen LogP contribution < -0.4 is 0 Å². The Morgan fingerprint density at radius 3 is 2.69 bits per heavy atom. The standard InChI is InChI=1S/C9H11ClN2O4/c10-6-1-2-7(11-5-6)8(3-4-13)12(16)9(14)15/h1-2,5,8,13,16H,3-4H2,(H,14,15). The summed E-state index contributed by atoms with van der Waals surface area (Å²) in [5.41, 5.74) is 0.323. The van der Waals surface area contributed by atoms with Gasteiger partial charge in [-0.2, -0.15) is 5.06 Å². The number of halogens is 1. The van der Waals surface area contributed by atoms with E-state index in [0.717, 1.165) is 0 Å². The van der Waals surface area contributed by atoms with Gasteiger partial charge in [-0.15, -0.1) is 0 Å². The first kappa shape index (κ1) is 12.7. The second-order valence-electron chi connectivity index (χ2n) is 3.06. The first-order chi connectivity index (χ1) is 7.56. The van der Waals surface area contributed by atoms with Gasteiger partial charge < -0.3 is 10.2 Å². The van der Waals surface area contributed by atoms with Crippen LogP contribution >= 0.6 is 11.6 Å². The number of carbonyl (C=O) groups is 1. The van der Waals surface area contributed by atoms with Crippen LogP contribution in [0.1, 0.15) is 18.2 Å². The van der Waals surface area contributed by atoms with Gasteiger partial charge in [0, 0.05) is 12.8 Å². The fourth-order valence-corrected chi connectivity index (χ4v) is 1.35. The topological polar surface area (TPSA) is 93.9 Å². The first-order valence-electron chi connectivity index (χ1n) is 4.49. The van der Waals surface area contributed by atoms with Gasteiger partial charge >= 0.3 is 6.09 Å². The minimum Gasteiger partial charge on any atom is -0.463 e. The number of hydrogen-bond donors (Lipinski definition) is 3. The molecule has 7 heteroatoms. The fraction of sp³-hybridized carbons (Fsp3) is 0.333. The maximum atomic E-state index is 10.6. The number of hydroxylamine groups is 2. The summed E-state index contributed by atoms with van der Waals surface area (Å²) in [4.78, 5) is 14.5. The molecule has 1 unspecified atom stereocenters. The average Bonchev–Trinajstić information content (AvgIpc) is 2.26. The van der Waals surface area contributed by atoms with E-state index in [1.165, 1.54) is 18.3 Å². The zero-order valence-electron chi connectivity index (χ0n) is 8.25. The Hall–Kier alpha value is -1.37. The molecule has 3 N–H and O–H groups in total. The van der Waals surface area contributed by atoms with Crippen molar-refractivity contribution in [2.45, 2.75) is 12.5 Å². The van der Waals surface area contributed by atoms with Crippen molar-refractivity contribution < 1.29 is 20.2 Å². The Bertz CT molecular complexity index is 357. The molecule has 1 amide bonds. The summed E-state index contributed by atoms with van der Waals surface area (Å²) in [5, 5.41) is 27.3. The molecule has 16 heavy (non-hydrogen) atoms. The number of rotatable bonds is 4. The molecule has 0 saturated heterocycles. The minimum absolute atomic E-state index is 0.0530. The number of aromatic nitrogens is 1. The Morgan fingerprint density at radius 1 is 1.56 bits per heavy atom. The van der Waals surface area contributed by atoms with Crippen molar-refractivity contribution in [2.75, 3.05) is 6.61 Å². The molecule has 0 saturated carbocycles. The van der Waals surface area contributed by atoms with Gasteiger partial charge in [-0.1, -0.05) is 11.6 Å². The minimum atomic E-state index is -1.50. The van der Waals surface area contributed by atoms with Crippen LogP contribution in [0.5, 0.6) is 0 Å². The van der Waals surface area contributed by atoms with Crippen molar-refractivity contribution in [3.63, 3.8) is 0 Å². The van der Waals surface area contributed by atoms with Crippen molar-refractivity contribution in [1.29, 1.82) is 0 Å². The highest BCUT2D eigenvalue weighted by Gasteiger charge is 2.24. The molecule has 0 aromatic carbocycles. The summed E-state index contributed by atoms with van der Waals surface area (Å²) < 4.78 is 0. The average molecular weight is 247 g/mol. The van der Waals surface area contributed by atoms with E-state index in [2.05, 4.69) is 4.98 Å². The van der Waals surface area contributed by atoms with E-state index in [0.29, 0.717) is 10.7 Å². The Morgan fingerprint density at radius 2 is 2.25 bits per heavy atom. The summed E-state index contributed by atoms with van der Waals surface area (Å²) >= 11 is 5.63. The zero-order chi connectivity index (χ0) is 12.1. The van der Waals surface area contributed by atoms with Gasteiger partial charge in [-0.25, -0.2) is 4.79 Å².